The number of hydrogen-bond donors (Lipinski definition) is 0. The summed E-state index contributed by atoms with van der Waals surface area (Å²) in [4.78, 5) is 11.2. The molecule has 0 aliphatic rings. The Morgan fingerprint density at radius 3 is 2.78 bits per heavy atom. The molecule has 0 unspecified atom stereocenters. The van der Waals surface area contributed by atoms with Crippen molar-refractivity contribution in [2.24, 2.45) is 0 Å². The summed E-state index contributed by atoms with van der Waals surface area (Å²) in [5, 5.41) is 3.62. The van der Waals surface area contributed by atoms with Gasteiger partial charge in [0.2, 0.25) is 5.76 Å². The summed E-state index contributed by atoms with van der Waals surface area (Å²) in [6.45, 7) is 0. The van der Waals surface area contributed by atoms with Crippen molar-refractivity contribution >= 4 is 5.97 Å². The van der Waals surface area contributed by atoms with E-state index >= 15 is 0 Å². The Kier molecular flexibility index (Phi) is 3.27. The minimum Gasteiger partial charge on any atom is -0.497 e. The van der Waals surface area contributed by atoms with E-state index in [-0.39, 0.29) is 17.0 Å². The van der Waals surface area contributed by atoms with Crippen LogP contribution in [0.1, 0.15) is 10.6 Å². The lowest BCUT2D eigenvalue weighted by molar-refractivity contribution is 0.0554. The fraction of sp³-hybridized carbons (Fsp3) is 0.167. The van der Waals surface area contributed by atoms with Crippen molar-refractivity contribution in [1.82, 2.24) is 5.16 Å². The number of halogens is 1. The maximum absolute atomic E-state index is 13.6. The van der Waals surface area contributed by atoms with Crippen LogP contribution in [0.25, 0.3) is 11.3 Å². The summed E-state index contributed by atoms with van der Waals surface area (Å²) < 4.78 is 27.9. The van der Waals surface area contributed by atoms with Crippen LogP contribution in [-0.2, 0) is 4.74 Å². The molecule has 1 aromatic carbocycles. The van der Waals surface area contributed by atoms with Gasteiger partial charge < -0.3 is 14.0 Å². The first-order chi connectivity index (χ1) is 8.65. The number of rotatable bonds is 3. The lowest BCUT2D eigenvalue weighted by Crippen LogP contribution is -1.98. The molecule has 0 amide bonds. The van der Waals surface area contributed by atoms with Crippen LogP contribution in [0.5, 0.6) is 5.75 Å². The van der Waals surface area contributed by atoms with E-state index in [0.717, 1.165) is 0 Å². The molecule has 2 aromatic rings. The molecule has 94 valence electrons. The van der Waals surface area contributed by atoms with Gasteiger partial charge in [0, 0.05) is 11.6 Å². The van der Waals surface area contributed by atoms with Crippen LogP contribution in [0.4, 0.5) is 4.39 Å². The zero-order chi connectivity index (χ0) is 13.1. The molecule has 18 heavy (non-hydrogen) atoms. The number of esters is 1. The Labute approximate surface area is 102 Å². The molecule has 0 N–H and O–H groups in total. The van der Waals surface area contributed by atoms with Gasteiger partial charge in [-0.1, -0.05) is 5.16 Å². The summed E-state index contributed by atoms with van der Waals surface area (Å²) in [6, 6.07) is 5.51. The number of carbonyl (C=O) groups is 1. The third-order valence-corrected chi connectivity index (χ3v) is 2.35. The Hall–Kier alpha value is -2.37. The number of aromatic nitrogens is 1. The fourth-order valence-corrected chi connectivity index (χ4v) is 1.43. The number of hydrogen-bond acceptors (Lipinski definition) is 5. The van der Waals surface area contributed by atoms with Crippen LogP contribution in [-0.4, -0.2) is 25.3 Å². The fourth-order valence-electron chi connectivity index (χ4n) is 1.43. The minimum atomic E-state index is -0.669. The monoisotopic (exact) mass is 251 g/mol. The van der Waals surface area contributed by atoms with E-state index in [4.69, 9.17) is 9.26 Å². The van der Waals surface area contributed by atoms with Crippen molar-refractivity contribution in [2.75, 3.05) is 14.2 Å². The summed E-state index contributed by atoms with van der Waals surface area (Å²) in [5.41, 5.74) is 0.389. The first-order valence-electron chi connectivity index (χ1n) is 5.04. The second-order valence-electron chi connectivity index (χ2n) is 3.41. The Balaban J connectivity index is 2.42. The van der Waals surface area contributed by atoms with Crippen molar-refractivity contribution in [3.63, 3.8) is 0 Å². The van der Waals surface area contributed by atoms with Crippen LogP contribution in [0.3, 0.4) is 0 Å². The predicted molar refractivity (Wildman–Crippen MR) is 59.8 cm³/mol. The maximum Gasteiger partial charge on any atom is 0.376 e. The smallest absolute Gasteiger partial charge is 0.376 e. The number of nitrogens with zero attached hydrogens (tertiary/aromatic N) is 1. The molecule has 0 saturated heterocycles. The molecule has 0 radical (unpaired) electrons. The lowest BCUT2D eigenvalue weighted by Gasteiger charge is -2.02. The molecule has 0 atom stereocenters. The van der Waals surface area contributed by atoms with Gasteiger partial charge in [-0.05, 0) is 18.2 Å². The molecule has 2 rings (SSSR count). The molecule has 0 bridgehead atoms. The minimum absolute atomic E-state index is 0.0882. The molecule has 0 fully saturated rings. The highest BCUT2D eigenvalue weighted by Crippen LogP contribution is 2.26. The highest BCUT2D eigenvalue weighted by Gasteiger charge is 2.16. The molecular formula is C12H10FNO4. The maximum atomic E-state index is 13.6. The summed E-state index contributed by atoms with van der Waals surface area (Å²) in [5.74, 6) is -0.763. The van der Waals surface area contributed by atoms with Gasteiger partial charge in [0.1, 0.15) is 17.3 Å². The highest BCUT2D eigenvalue weighted by molar-refractivity contribution is 5.87. The van der Waals surface area contributed by atoms with E-state index < -0.39 is 11.8 Å². The van der Waals surface area contributed by atoms with Crippen LogP contribution >= 0.6 is 0 Å². The standard InChI is InChI=1S/C12H10FNO4/c1-16-7-3-4-9(13)8(5-7)10-6-11(18-14-10)12(15)17-2/h3-6H,1-2H3. The zero-order valence-corrected chi connectivity index (χ0v) is 9.77. The zero-order valence-electron chi connectivity index (χ0n) is 9.77. The third-order valence-electron chi connectivity index (χ3n) is 2.35. The van der Waals surface area contributed by atoms with Crippen molar-refractivity contribution in [3.05, 3.63) is 35.8 Å². The molecule has 5 nitrogen and oxygen atoms in total. The number of benzene rings is 1. The quantitative estimate of drug-likeness (QED) is 0.783. The highest BCUT2D eigenvalue weighted by atomic mass is 19.1. The van der Waals surface area contributed by atoms with E-state index in [1.54, 1.807) is 0 Å². The van der Waals surface area contributed by atoms with Crippen LogP contribution in [0, 0.1) is 5.82 Å². The summed E-state index contributed by atoms with van der Waals surface area (Å²) in [7, 11) is 2.69. The van der Waals surface area contributed by atoms with Gasteiger partial charge in [-0.15, -0.1) is 0 Å². The molecule has 0 aliphatic heterocycles. The second-order valence-corrected chi connectivity index (χ2v) is 3.41. The largest absolute Gasteiger partial charge is 0.497 e. The van der Waals surface area contributed by atoms with Gasteiger partial charge in [0.05, 0.1) is 14.2 Å². The number of methoxy groups -OCH3 is 2. The van der Waals surface area contributed by atoms with E-state index in [9.17, 15) is 9.18 Å². The van der Waals surface area contributed by atoms with Gasteiger partial charge in [0.15, 0.2) is 0 Å². The molecule has 6 heteroatoms. The van der Waals surface area contributed by atoms with E-state index in [1.165, 1.54) is 38.5 Å². The van der Waals surface area contributed by atoms with Gasteiger partial charge in [-0.25, -0.2) is 9.18 Å². The van der Waals surface area contributed by atoms with Gasteiger partial charge >= 0.3 is 5.97 Å². The summed E-state index contributed by atoms with van der Waals surface area (Å²) >= 11 is 0. The molecule has 1 aromatic heterocycles. The van der Waals surface area contributed by atoms with E-state index in [0.29, 0.717) is 5.75 Å². The number of carbonyl (C=O) groups excluding carboxylic acids is 1. The first-order valence-corrected chi connectivity index (χ1v) is 5.04. The van der Waals surface area contributed by atoms with E-state index in [1.807, 2.05) is 0 Å². The molecule has 0 aliphatic carbocycles. The van der Waals surface area contributed by atoms with Crippen LogP contribution in [0.15, 0.2) is 28.8 Å². The van der Waals surface area contributed by atoms with Crippen LogP contribution in [0.2, 0.25) is 0 Å². The Bertz CT molecular complexity index is 579. The first kappa shape index (κ1) is 12.1. The van der Waals surface area contributed by atoms with Gasteiger partial charge in [-0.2, -0.15) is 0 Å². The van der Waals surface area contributed by atoms with Crippen molar-refractivity contribution in [1.29, 1.82) is 0 Å². The number of ether oxygens (including phenoxy) is 2. The van der Waals surface area contributed by atoms with Crippen LogP contribution < -0.4 is 4.74 Å². The SMILES string of the molecule is COC(=O)c1cc(-c2cc(OC)ccc2F)no1. The molecule has 1 heterocycles. The normalized spacial score (nSPS) is 10.2. The van der Waals surface area contributed by atoms with Gasteiger partial charge in [-0.3, -0.25) is 0 Å². The lowest BCUT2D eigenvalue weighted by atomic mass is 10.1. The summed E-state index contributed by atoms with van der Waals surface area (Å²) in [6.07, 6.45) is 0. The molecule has 0 spiro atoms. The Morgan fingerprint density at radius 2 is 2.11 bits per heavy atom. The predicted octanol–water partition coefficient (Wildman–Crippen LogP) is 2.28. The van der Waals surface area contributed by atoms with E-state index in [2.05, 4.69) is 9.89 Å². The molecule has 0 saturated carbocycles. The Morgan fingerprint density at radius 1 is 1.33 bits per heavy atom. The topological polar surface area (TPSA) is 61.6 Å². The average molecular weight is 251 g/mol. The van der Waals surface area contributed by atoms with Crippen molar-refractivity contribution in [3.8, 4) is 17.0 Å². The average Bonchev–Trinajstić information content (AvgIpc) is 2.88. The van der Waals surface area contributed by atoms with Crippen molar-refractivity contribution < 1.29 is 23.2 Å². The third kappa shape index (κ3) is 2.17. The van der Waals surface area contributed by atoms with Crippen molar-refractivity contribution in [2.45, 2.75) is 0 Å². The second kappa shape index (κ2) is 4.87. The van der Waals surface area contributed by atoms with Gasteiger partial charge in [0.25, 0.3) is 0 Å². The molecular weight excluding hydrogens is 241 g/mol.